The van der Waals surface area contributed by atoms with Crippen molar-refractivity contribution in [1.82, 2.24) is 15.5 Å². The fourth-order valence-electron chi connectivity index (χ4n) is 3.86. The van der Waals surface area contributed by atoms with Gasteiger partial charge in [-0.25, -0.2) is 9.59 Å². The van der Waals surface area contributed by atoms with Crippen molar-refractivity contribution in [2.45, 2.75) is 25.8 Å². The molecule has 0 aromatic heterocycles. The molecule has 4 amide bonds. The molecular formula is C24H26ClN3O6. The first-order valence-corrected chi connectivity index (χ1v) is 11.2. The lowest BCUT2D eigenvalue weighted by atomic mass is 9.97. The average molecular weight is 488 g/mol. The summed E-state index contributed by atoms with van der Waals surface area (Å²) in [6.45, 7) is 1.47. The number of carbonyl (C=O) groups excluding carboxylic acids is 3. The number of imide groups is 1. The van der Waals surface area contributed by atoms with Crippen molar-refractivity contribution >= 4 is 35.4 Å². The van der Waals surface area contributed by atoms with Gasteiger partial charge in [-0.1, -0.05) is 30.7 Å². The smallest absolute Gasteiger partial charge is 0.335 e. The summed E-state index contributed by atoms with van der Waals surface area (Å²) in [4.78, 5) is 50.9. The highest BCUT2D eigenvalue weighted by atomic mass is 35.5. The number of methoxy groups -OCH3 is 1. The normalized spacial score (nSPS) is 16.9. The first kappa shape index (κ1) is 25.0. The van der Waals surface area contributed by atoms with Crippen LogP contribution in [0, 0.1) is 5.92 Å². The van der Waals surface area contributed by atoms with Crippen LogP contribution in [0.1, 0.15) is 40.9 Å². The Bertz CT molecular complexity index is 1110. The van der Waals surface area contributed by atoms with Gasteiger partial charge in [0.05, 0.1) is 24.6 Å². The Hall–Kier alpha value is -3.59. The van der Waals surface area contributed by atoms with Crippen LogP contribution in [0.2, 0.25) is 5.02 Å². The molecule has 1 saturated heterocycles. The number of hydrogen-bond acceptors (Lipinski definition) is 5. The molecule has 1 heterocycles. The summed E-state index contributed by atoms with van der Waals surface area (Å²) in [5.41, 5.74) is 1.36. The van der Waals surface area contributed by atoms with Crippen molar-refractivity contribution in [3.63, 3.8) is 0 Å². The van der Waals surface area contributed by atoms with Gasteiger partial charge < -0.3 is 20.5 Å². The number of nitrogens with zero attached hydrogens (tertiary/aromatic N) is 1. The Morgan fingerprint density at radius 3 is 2.71 bits per heavy atom. The van der Waals surface area contributed by atoms with Crippen molar-refractivity contribution in [3.05, 3.63) is 64.2 Å². The van der Waals surface area contributed by atoms with Crippen LogP contribution in [0.4, 0.5) is 4.79 Å². The van der Waals surface area contributed by atoms with Crippen LogP contribution in [0.3, 0.4) is 0 Å². The number of hydrogen-bond donors (Lipinski definition) is 3. The van der Waals surface area contributed by atoms with Crippen LogP contribution >= 0.6 is 11.6 Å². The molecule has 3 rings (SSSR count). The molecule has 2 aromatic rings. The second-order valence-electron chi connectivity index (χ2n) is 7.93. The predicted molar refractivity (Wildman–Crippen MR) is 125 cm³/mol. The summed E-state index contributed by atoms with van der Waals surface area (Å²) >= 11 is 6.10. The number of urea groups is 1. The van der Waals surface area contributed by atoms with Gasteiger partial charge in [0.15, 0.2) is 0 Å². The molecule has 9 nitrogen and oxygen atoms in total. The number of carboxylic acid groups (broad SMARTS) is 1. The largest absolute Gasteiger partial charge is 0.496 e. The number of amides is 4. The highest BCUT2D eigenvalue weighted by Crippen LogP contribution is 2.26. The molecule has 34 heavy (non-hydrogen) atoms. The predicted octanol–water partition coefficient (Wildman–Crippen LogP) is 3.02. The summed E-state index contributed by atoms with van der Waals surface area (Å²) in [7, 11) is 1.51. The van der Waals surface area contributed by atoms with Gasteiger partial charge in [0.1, 0.15) is 12.3 Å². The molecule has 1 fully saturated rings. The molecule has 10 heteroatoms. The molecular weight excluding hydrogens is 462 g/mol. The average Bonchev–Trinajstić information content (AvgIpc) is 2.96. The number of halogens is 1. The minimum Gasteiger partial charge on any atom is -0.496 e. The molecule has 0 radical (unpaired) electrons. The van der Waals surface area contributed by atoms with Gasteiger partial charge in [0.2, 0.25) is 11.8 Å². The van der Waals surface area contributed by atoms with Crippen LogP contribution in [0.25, 0.3) is 0 Å². The van der Waals surface area contributed by atoms with E-state index in [1.165, 1.54) is 19.2 Å². The summed E-state index contributed by atoms with van der Waals surface area (Å²) in [6.07, 6.45) is 0.663. The van der Waals surface area contributed by atoms with Crippen LogP contribution in [0.5, 0.6) is 5.75 Å². The van der Waals surface area contributed by atoms with Gasteiger partial charge in [-0.2, -0.15) is 0 Å². The number of carbonyl (C=O) groups is 4. The van der Waals surface area contributed by atoms with E-state index in [0.29, 0.717) is 28.3 Å². The Balaban J connectivity index is 1.81. The lowest BCUT2D eigenvalue weighted by Gasteiger charge is -2.25. The SMILES string of the molecule is CC[C@@H](NC(=O)N1CC(=O)NC[C@@H](Cc2cc(Cl)ccc2OC)C1=O)c1cccc(C(=O)O)c1. The number of ether oxygens (including phenoxy) is 1. The minimum atomic E-state index is -1.08. The quantitative estimate of drug-likeness (QED) is 0.551. The highest BCUT2D eigenvalue weighted by molar-refractivity contribution is 6.30. The summed E-state index contributed by atoms with van der Waals surface area (Å²) in [6, 6.07) is 10.0. The third kappa shape index (κ3) is 5.85. The lowest BCUT2D eigenvalue weighted by molar-refractivity contribution is -0.133. The van der Waals surface area contributed by atoms with Gasteiger partial charge in [-0.3, -0.25) is 14.5 Å². The Morgan fingerprint density at radius 2 is 2.03 bits per heavy atom. The monoisotopic (exact) mass is 487 g/mol. The fourth-order valence-corrected chi connectivity index (χ4v) is 4.06. The Morgan fingerprint density at radius 1 is 1.26 bits per heavy atom. The first-order valence-electron chi connectivity index (χ1n) is 10.8. The topological polar surface area (TPSA) is 125 Å². The number of benzene rings is 2. The minimum absolute atomic E-state index is 0.0645. The van der Waals surface area contributed by atoms with Gasteiger partial charge >= 0.3 is 12.0 Å². The third-order valence-electron chi connectivity index (χ3n) is 5.66. The van der Waals surface area contributed by atoms with Crippen LogP contribution in [-0.2, 0) is 16.0 Å². The summed E-state index contributed by atoms with van der Waals surface area (Å²) in [5, 5.41) is 15.2. The Kier molecular flexibility index (Phi) is 8.12. The van der Waals surface area contributed by atoms with Crippen LogP contribution in [0.15, 0.2) is 42.5 Å². The van der Waals surface area contributed by atoms with E-state index in [0.717, 1.165) is 4.90 Å². The highest BCUT2D eigenvalue weighted by Gasteiger charge is 2.35. The molecule has 3 N–H and O–H groups in total. The van der Waals surface area contributed by atoms with Crippen molar-refractivity contribution in [2.75, 3.05) is 20.2 Å². The zero-order chi connectivity index (χ0) is 24.8. The van der Waals surface area contributed by atoms with E-state index in [4.69, 9.17) is 16.3 Å². The Labute approximate surface area is 202 Å². The van der Waals surface area contributed by atoms with Gasteiger partial charge in [0.25, 0.3) is 0 Å². The van der Waals surface area contributed by atoms with E-state index in [-0.39, 0.29) is 18.5 Å². The zero-order valence-electron chi connectivity index (χ0n) is 18.8. The van der Waals surface area contributed by atoms with E-state index in [2.05, 4.69) is 10.6 Å². The van der Waals surface area contributed by atoms with E-state index in [1.807, 2.05) is 6.92 Å². The van der Waals surface area contributed by atoms with E-state index in [9.17, 15) is 24.3 Å². The number of carboxylic acids is 1. The van der Waals surface area contributed by atoms with E-state index < -0.39 is 42.3 Å². The van der Waals surface area contributed by atoms with E-state index in [1.54, 1.807) is 30.3 Å². The molecule has 1 aliphatic rings. The van der Waals surface area contributed by atoms with Crippen molar-refractivity contribution in [1.29, 1.82) is 0 Å². The molecule has 0 aliphatic carbocycles. The number of nitrogens with one attached hydrogen (secondary N) is 2. The molecule has 0 unspecified atom stereocenters. The van der Waals surface area contributed by atoms with Crippen molar-refractivity contribution in [2.24, 2.45) is 5.92 Å². The standard InChI is InChI=1S/C24H26ClN3O6/c1-3-19(14-5-4-6-15(9-14)23(31)32)27-24(33)28-13-21(29)26-12-17(22(28)30)10-16-11-18(25)7-8-20(16)34-2/h4-9,11,17,19H,3,10,12-13H2,1-2H3,(H,26,29)(H,27,33)(H,31,32)/t17-,19-/m1/s1. The molecule has 0 spiro atoms. The molecule has 2 aromatic carbocycles. The third-order valence-corrected chi connectivity index (χ3v) is 5.89. The summed E-state index contributed by atoms with van der Waals surface area (Å²) in [5.74, 6) is -2.20. The maximum atomic E-state index is 13.3. The second-order valence-corrected chi connectivity index (χ2v) is 8.36. The van der Waals surface area contributed by atoms with Gasteiger partial charge in [0, 0.05) is 11.6 Å². The molecule has 1 aliphatic heterocycles. The van der Waals surface area contributed by atoms with Gasteiger partial charge in [-0.05, 0) is 54.3 Å². The maximum Gasteiger partial charge on any atom is 0.335 e. The van der Waals surface area contributed by atoms with Crippen LogP contribution < -0.4 is 15.4 Å². The molecule has 2 atom stereocenters. The van der Waals surface area contributed by atoms with Crippen molar-refractivity contribution < 1.29 is 29.0 Å². The summed E-state index contributed by atoms with van der Waals surface area (Å²) < 4.78 is 5.35. The van der Waals surface area contributed by atoms with Crippen LogP contribution in [-0.4, -0.2) is 54.0 Å². The zero-order valence-corrected chi connectivity index (χ0v) is 19.6. The first-order chi connectivity index (χ1) is 16.2. The lowest BCUT2D eigenvalue weighted by Crippen LogP contribution is -2.48. The van der Waals surface area contributed by atoms with E-state index >= 15 is 0 Å². The second kappa shape index (κ2) is 11.0. The molecule has 0 bridgehead atoms. The number of rotatable bonds is 7. The molecule has 180 valence electrons. The maximum absolute atomic E-state index is 13.3. The van der Waals surface area contributed by atoms with Crippen molar-refractivity contribution in [3.8, 4) is 5.75 Å². The molecule has 0 saturated carbocycles. The fraction of sp³-hybridized carbons (Fsp3) is 0.333. The van der Waals surface area contributed by atoms with Gasteiger partial charge in [-0.15, -0.1) is 0 Å². The number of aromatic carboxylic acids is 1.